The van der Waals surface area contributed by atoms with Gasteiger partial charge in [-0.15, -0.1) is 0 Å². The Hall–Kier alpha value is -0.970. The van der Waals surface area contributed by atoms with E-state index in [1.54, 1.807) is 0 Å². The maximum absolute atomic E-state index is 9.29. The van der Waals surface area contributed by atoms with E-state index in [0.29, 0.717) is 12.1 Å². The third-order valence-corrected chi connectivity index (χ3v) is 4.16. The van der Waals surface area contributed by atoms with Gasteiger partial charge in [0, 0.05) is 44.5 Å². The molecule has 0 bridgehead atoms. The van der Waals surface area contributed by atoms with Gasteiger partial charge in [-0.3, -0.25) is 9.88 Å². The normalized spacial score (nSPS) is 26.3. The smallest absolute Gasteiger partial charge is 0.0544 e. The molecule has 2 unspecified atom stereocenters. The molecule has 1 aliphatic heterocycles. The molecular weight excluding hydrogens is 238 g/mol. The molecule has 0 saturated carbocycles. The zero-order chi connectivity index (χ0) is 13.7. The average molecular weight is 263 g/mol. The Bertz CT molecular complexity index is 371. The summed E-state index contributed by atoms with van der Waals surface area (Å²) in [7, 11) is 2.18. The first-order valence-corrected chi connectivity index (χ1v) is 7.15. The minimum Gasteiger partial charge on any atom is -0.396 e. The van der Waals surface area contributed by atoms with Crippen LogP contribution in [0.15, 0.2) is 24.4 Å². The van der Waals surface area contributed by atoms with Crippen LogP contribution in [0.2, 0.25) is 0 Å². The van der Waals surface area contributed by atoms with Gasteiger partial charge in [-0.1, -0.05) is 6.07 Å². The monoisotopic (exact) mass is 263 g/mol. The maximum atomic E-state index is 9.29. The fourth-order valence-corrected chi connectivity index (χ4v) is 2.71. The molecule has 2 atom stereocenters. The van der Waals surface area contributed by atoms with Crippen LogP contribution in [0.25, 0.3) is 0 Å². The largest absolute Gasteiger partial charge is 0.396 e. The lowest BCUT2D eigenvalue weighted by atomic mass is 10.1. The second-order valence-electron chi connectivity index (χ2n) is 5.53. The zero-order valence-electron chi connectivity index (χ0n) is 12.0. The maximum Gasteiger partial charge on any atom is 0.0544 e. The Morgan fingerprint density at radius 3 is 2.95 bits per heavy atom. The summed E-state index contributed by atoms with van der Waals surface area (Å²) in [6.45, 7) is 5.51. The van der Waals surface area contributed by atoms with Crippen LogP contribution in [0, 0.1) is 0 Å². The second-order valence-corrected chi connectivity index (χ2v) is 5.53. The van der Waals surface area contributed by atoms with Crippen molar-refractivity contribution in [3.05, 3.63) is 30.1 Å². The van der Waals surface area contributed by atoms with Gasteiger partial charge in [0.1, 0.15) is 0 Å². The summed E-state index contributed by atoms with van der Waals surface area (Å²) >= 11 is 0. The number of nitrogens with zero attached hydrogens (tertiary/aromatic N) is 3. The minimum atomic E-state index is 0.256. The first-order chi connectivity index (χ1) is 9.20. The minimum absolute atomic E-state index is 0.256. The van der Waals surface area contributed by atoms with Crippen LogP contribution in [-0.4, -0.2) is 58.7 Å². The van der Waals surface area contributed by atoms with Crippen LogP contribution in [0.5, 0.6) is 0 Å². The van der Waals surface area contributed by atoms with E-state index >= 15 is 0 Å². The number of hydrogen-bond donors (Lipinski definition) is 1. The molecule has 1 N–H and O–H groups in total. The van der Waals surface area contributed by atoms with Gasteiger partial charge in [-0.2, -0.15) is 0 Å². The Labute approximate surface area is 116 Å². The van der Waals surface area contributed by atoms with E-state index in [-0.39, 0.29) is 6.61 Å². The first kappa shape index (κ1) is 14.4. The Morgan fingerprint density at radius 2 is 2.26 bits per heavy atom. The fourth-order valence-electron chi connectivity index (χ4n) is 2.71. The molecule has 1 fully saturated rings. The molecule has 0 amide bonds. The van der Waals surface area contributed by atoms with Gasteiger partial charge in [0.05, 0.1) is 5.69 Å². The number of pyridine rings is 1. The van der Waals surface area contributed by atoms with Gasteiger partial charge >= 0.3 is 0 Å². The van der Waals surface area contributed by atoms with Crippen LogP contribution >= 0.6 is 0 Å². The van der Waals surface area contributed by atoms with Crippen LogP contribution in [0.3, 0.4) is 0 Å². The van der Waals surface area contributed by atoms with Gasteiger partial charge in [0.2, 0.25) is 0 Å². The van der Waals surface area contributed by atoms with Crippen molar-refractivity contribution in [1.82, 2.24) is 14.8 Å². The molecule has 0 aromatic carbocycles. The van der Waals surface area contributed by atoms with E-state index in [4.69, 9.17) is 0 Å². The quantitative estimate of drug-likeness (QED) is 0.890. The molecular formula is C15H25N3O. The highest BCUT2D eigenvalue weighted by Crippen LogP contribution is 2.18. The molecule has 1 aromatic rings. The van der Waals surface area contributed by atoms with Gasteiger partial charge in [0.25, 0.3) is 0 Å². The molecule has 0 spiro atoms. The molecule has 4 nitrogen and oxygen atoms in total. The van der Waals surface area contributed by atoms with E-state index in [1.165, 1.54) is 6.42 Å². The van der Waals surface area contributed by atoms with Gasteiger partial charge in [0.15, 0.2) is 0 Å². The fraction of sp³-hybridized carbons (Fsp3) is 0.667. The molecule has 1 aromatic heterocycles. The van der Waals surface area contributed by atoms with Crippen molar-refractivity contribution in [2.45, 2.75) is 38.4 Å². The van der Waals surface area contributed by atoms with Crippen molar-refractivity contribution in [3.63, 3.8) is 0 Å². The van der Waals surface area contributed by atoms with E-state index < -0.39 is 0 Å². The summed E-state index contributed by atoms with van der Waals surface area (Å²) in [6, 6.07) is 7.09. The van der Waals surface area contributed by atoms with Crippen molar-refractivity contribution in [1.29, 1.82) is 0 Å². The second kappa shape index (κ2) is 6.98. The number of aromatic nitrogens is 1. The van der Waals surface area contributed by atoms with Crippen LogP contribution in [0.1, 0.15) is 25.5 Å². The van der Waals surface area contributed by atoms with Gasteiger partial charge in [-0.25, -0.2) is 0 Å². The van der Waals surface area contributed by atoms with Crippen LogP contribution in [0.4, 0.5) is 0 Å². The van der Waals surface area contributed by atoms with Crippen LogP contribution < -0.4 is 0 Å². The first-order valence-electron chi connectivity index (χ1n) is 7.15. The number of rotatable bonds is 4. The summed E-state index contributed by atoms with van der Waals surface area (Å²) in [4.78, 5) is 9.29. The summed E-state index contributed by atoms with van der Waals surface area (Å²) in [5, 5.41) is 9.29. The number of aliphatic hydroxyl groups is 1. The Balaban J connectivity index is 2.06. The molecule has 2 heterocycles. The highest BCUT2D eigenvalue weighted by Gasteiger charge is 2.26. The van der Waals surface area contributed by atoms with Gasteiger partial charge in [-0.05, 0) is 38.9 Å². The van der Waals surface area contributed by atoms with Crippen LogP contribution in [-0.2, 0) is 6.54 Å². The molecule has 2 rings (SSSR count). The summed E-state index contributed by atoms with van der Waals surface area (Å²) < 4.78 is 0. The van der Waals surface area contributed by atoms with Crippen molar-refractivity contribution in [2.75, 3.05) is 26.7 Å². The zero-order valence-corrected chi connectivity index (χ0v) is 12.0. The van der Waals surface area contributed by atoms with Crippen molar-refractivity contribution >= 4 is 0 Å². The van der Waals surface area contributed by atoms with E-state index in [9.17, 15) is 5.11 Å². The number of hydrogen-bond acceptors (Lipinski definition) is 4. The lowest BCUT2D eigenvalue weighted by Gasteiger charge is -2.30. The standard InChI is InChI=1S/C15H25N3O/c1-13-6-9-18(11-14-5-3-4-8-16-14)15(7-10-19)12-17(13)2/h3-5,8,13,15,19H,6-7,9-12H2,1-2H3. The van der Waals surface area contributed by atoms with E-state index in [2.05, 4.69) is 34.8 Å². The molecule has 4 heteroatoms. The molecule has 1 saturated heterocycles. The topological polar surface area (TPSA) is 39.6 Å². The molecule has 106 valence electrons. The number of aliphatic hydroxyl groups excluding tert-OH is 1. The Kier molecular flexibility index (Phi) is 5.31. The third kappa shape index (κ3) is 4.00. The lowest BCUT2D eigenvalue weighted by Crippen LogP contribution is -2.41. The molecule has 1 aliphatic rings. The van der Waals surface area contributed by atoms with Crippen molar-refractivity contribution in [3.8, 4) is 0 Å². The van der Waals surface area contributed by atoms with E-state index in [1.807, 2.05) is 18.3 Å². The summed E-state index contributed by atoms with van der Waals surface area (Å²) in [6.07, 6.45) is 3.86. The summed E-state index contributed by atoms with van der Waals surface area (Å²) in [5.41, 5.74) is 1.11. The predicted molar refractivity (Wildman–Crippen MR) is 76.8 cm³/mol. The molecule has 19 heavy (non-hydrogen) atoms. The summed E-state index contributed by atoms with van der Waals surface area (Å²) in [5.74, 6) is 0. The molecule has 0 radical (unpaired) electrons. The highest BCUT2D eigenvalue weighted by atomic mass is 16.3. The third-order valence-electron chi connectivity index (χ3n) is 4.16. The van der Waals surface area contributed by atoms with Gasteiger partial charge < -0.3 is 10.0 Å². The highest BCUT2D eigenvalue weighted by molar-refractivity contribution is 5.04. The molecule has 0 aliphatic carbocycles. The average Bonchev–Trinajstić information content (AvgIpc) is 2.54. The van der Waals surface area contributed by atoms with Crippen molar-refractivity contribution in [2.24, 2.45) is 0 Å². The predicted octanol–water partition coefficient (Wildman–Crippen LogP) is 1.36. The Morgan fingerprint density at radius 1 is 1.42 bits per heavy atom. The lowest BCUT2D eigenvalue weighted by molar-refractivity contribution is 0.139. The number of likely N-dealkylation sites (N-methyl/N-ethyl adjacent to an activating group) is 1. The van der Waals surface area contributed by atoms with E-state index in [0.717, 1.165) is 31.7 Å². The van der Waals surface area contributed by atoms with Crippen molar-refractivity contribution < 1.29 is 5.11 Å². The SMILES string of the molecule is CC1CCN(Cc2ccccn2)C(CCO)CN1C.